The van der Waals surface area contributed by atoms with E-state index in [0.717, 1.165) is 31.9 Å². The minimum atomic E-state index is -0.593. The van der Waals surface area contributed by atoms with E-state index in [-0.39, 0.29) is 5.97 Å². The second-order valence-corrected chi connectivity index (χ2v) is 7.35. The summed E-state index contributed by atoms with van der Waals surface area (Å²) in [6.07, 6.45) is 1.88. The van der Waals surface area contributed by atoms with Crippen LogP contribution < -0.4 is 4.90 Å². The molecule has 0 radical (unpaired) electrons. The summed E-state index contributed by atoms with van der Waals surface area (Å²) >= 11 is 1.44. The molecule has 0 unspecified atom stereocenters. The number of morpholine rings is 1. The van der Waals surface area contributed by atoms with Crippen LogP contribution in [-0.2, 0) is 14.4 Å². The summed E-state index contributed by atoms with van der Waals surface area (Å²) in [6, 6.07) is 8.12. The van der Waals surface area contributed by atoms with Crippen molar-refractivity contribution in [3.8, 4) is 0 Å². The quantitative estimate of drug-likeness (QED) is 0.470. The van der Waals surface area contributed by atoms with Crippen LogP contribution in [0.4, 0.5) is 5.69 Å². The molecule has 1 aromatic carbocycles. The third-order valence-corrected chi connectivity index (χ3v) is 5.12. The third kappa shape index (κ3) is 4.72. The Balaban J connectivity index is 2.00. The van der Waals surface area contributed by atoms with Crippen molar-refractivity contribution in [1.29, 1.82) is 0 Å². The number of hydrogen-bond acceptors (Lipinski definition) is 6. The van der Waals surface area contributed by atoms with Gasteiger partial charge in [0.05, 0.1) is 18.9 Å². The number of rotatable bonds is 5. The number of oxime groups is 1. The molecule has 0 bridgehead atoms. The van der Waals surface area contributed by atoms with Crippen molar-refractivity contribution in [3.63, 3.8) is 0 Å². The summed E-state index contributed by atoms with van der Waals surface area (Å²) in [5, 5.41) is 3.97. The average Bonchev–Trinajstić information content (AvgIpc) is 2.60. The van der Waals surface area contributed by atoms with Gasteiger partial charge in [-0.15, -0.1) is 11.8 Å². The van der Waals surface area contributed by atoms with Crippen molar-refractivity contribution in [1.82, 2.24) is 0 Å². The summed E-state index contributed by atoms with van der Waals surface area (Å²) in [7, 11) is 0. The molecule has 0 aliphatic carbocycles. The Morgan fingerprint density at radius 1 is 1.26 bits per heavy atom. The Bertz CT molecular complexity index is 564. The predicted molar refractivity (Wildman–Crippen MR) is 95.4 cm³/mol. The lowest BCUT2D eigenvalue weighted by molar-refractivity contribution is -0.145. The van der Waals surface area contributed by atoms with Crippen molar-refractivity contribution < 1.29 is 14.4 Å². The van der Waals surface area contributed by atoms with Crippen molar-refractivity contribution >= 4 is 29.1 Å². The van der Waals surface area contributed by atoms with E-state index in [1.165, 1.54) is 17.4 Å². The monoisotopic (exact) mass is 336 g/mol. The fourth-order valence-electron chi connectivity index (χ4n) is 2.09. The number of carbonyl (C=O) groups is 1. The Hall–Kier alpha value is -1.53. The largest absolute Gasteiger partial charge is 0.378 e. The van der Waals surface area contributed by atoms with Crippen molar-refractivity contribution in [2.45, 2.75) is 25.5 Å². The van der Waals surface area contributed by atoms with Gasteiger partial charge in [-0.3, -0.25) is 0 Å². The zero-order valence-electron chi connectivity index (χ0n) is 14.2. The van der Waals surface area contributed by atoms with Crippen LogP contribution in [-0.4, -0.2) is 49.0 Å². The molecule has 1 fully saturated rings. The Labute approximate surface area is 142 Å². The minimum Gasteiger partial charge on any atom is -0.378 e. The molecular formula is C17H24N2O3S. The van der Waals surface area contributed by atoms with Gasteiger partial charge >= 0.3 is 5.97 Å². The first-order chi connectivity index (χ1) is 10.9. The van der Waals surface area contributed by atoms with Gasteiger partial charge in [-0.2, -0.15) is 0 Å². The first kappa shape index (κ1) is 17.8. The van der Waals surface area contributed by atoms with Crippen LogP contribution in [0.15, 0.2) is 29.4 Å². The van der Waals surface area contributed by atoms with Crippen LogP contribution in [0, 0.1) is 0 Å². The highest BCUT2D eigenvalue weighted by molar-refractivity contribution is 8.00. The molecule has 1 saturated heterocycles. The van der Waals surface area contributed by atoms with E-state index in [9.17, 15) is 4.79 Å². The lowest BCUT2D eigenvalue weighted by Gasteiger charge is -2.28. The van der Waals surface area contributed by atoms with E-state index >= 15 is 0 Å². The topological polar surface area (TPSA) is 51.1 Å². The first-order valence-corrected chi connectivity index (χ1v) is 8.91. The lowest BCUT2D eigenvalue weighted by atomic mass is 10.1. The highest BCUT2D eigenvalue weighted by atomic mass is 32.2. The minimum absolute atomic E-state index is 0.339. The third-order valence-electron chi connectivity index (χ3n) is 3.93. The molecule has 0 amide bonds. The summed E-state index contributed by atoms with van der Waals surface area (Å²) in [5.74, 6) is -0.339. The number of carbonyl (C=O) groups excluding carboxylic acids is 1. The lowest BCUT2D eigenvalue weighted by Crippen LogP contribution is -2.36. The van der Waals surface area contributed by atoms with Gasteiger partial charge in [0.15, 0.2) is 0 Å². The molecule has 6 heteroatoms. The number of nitrogens with zero attached hydrogens (tertiary/aromatic N) is 2. The van der Waals surface area contributed by atoms with Gasteiger partial charge in [0, 0.05) is 18.8 Å². The maximum absolute atomic E-state index is 11.9. The van der Waals surface area contributed by atoms with Gasteiger partial charge in [0.25, 0.3) is 0 Å². The molecule has 5 nitrogen and oxygen atoms in total. The normalized spacial score (nSPS) is 16.3. The SMILES string of the molecule is CSC(C)(C)C(=O)ON=C(C)c1ccc(N2CCOCC2)cc1. The fraction of sp³-hybridized carbons (Fsp3) is 0.529. The Morgan fingerprint density at radius 2 is 1.87 bits per heavy atom. The smallest absolute Gasteiger partial charge is 0.350 e. The standard InChI is InChI=1S/C17H24N2O3S/c1-13(18-22-16(20)17(2,3)23-4)14-5-7-15(8-6-14)19-9-11-21-12-10-19/h5-8H,9-12H2,1-4H3. The molecule has 2 rings (SSSR count). The zero-order valence-corrected chi connectivity index (χ0v) is 15.0. The van der Waals surface area contributed by atoms with Crippen LogP contribution >= 0.6 is 11.8 Å². The summed E-state index contributed by atoms with van der Waals surface area (Å²) < 4.78 is 4.77. The molecule has 0 spiro atoms. The van der Waals surface area contributed by atoms with Crippen LogP contribution in [0.2, 0.25) is 0 Å². The summed E-state index contributed by atoms with van der Waals surface area (Å²) in [6.45, 7) is 8.83. The molecule has 0 saturated carbocycles. The van der Waals surface area contributed by atoms with Gasteiger partial charge in [-0.1, -0.05) is 17.3 Å². The van der Waals surface area contributed by atoms with E-state index in [0.29, 0.717) is 5.71 Å². The maximum Gasteiger partial charge on any atom is 0.350 e. The fourth-order valence-corrected chi connectivity index (χ4v) is 2.29. The number of thioether (sulfide) groups is 1. The summed E-state index contributed by atoms with van der Waals surface area (Å²) in [4.78, 5) is 19.3. The van der Waals surface area contributed by atoms with E-state index in [1.807, 2.05) is 39.2 Å². The van der Waals surface area contributed by atoms with Gasteiger partial charge in [0.1, 0.15) is 4.75 Å². The molecular weight excluding hydrogens is 312 g/mol. The number of benzene rings is 1. The van der Waals surface area contributed by atoms with Gasteiger partial charge < -0.3 is 14.5 Å². The van der Waals surface area contributed by atoms with Crippen LogP contribution in [0.1, 0.15) is 26.3 Å². The maximum atomic E-state index is 11.9. The molecule has 1 aliphatic rings. The second-order valence-electron chi connectivity index (χ2n) is 5.92. The van der Waals surface area contributed by atoms with Crippen molar-refractivity contribution in [2.24, 2.45) is 5.16 Å². The van der Waals surface area contributed by atoms with Gasteiger partial charge in [0.2, 0.25) is 0 Å². The van der Waals surface area contributed by atoms with Crippen LogP contribution in [0.25, 0.3) is 0 Å². The van der Waals surface area contributed by atoms with Crippen molar-refractivity contribution in [2.75, 3.05) is 37.5 Å². The van der Waals surface area contributed by atoms with E-state index in [2.05, 4.69) is 22.2 Å². The van der Waals surface area contributed by atoms with Crippen LogP contribution in [0.3, 0.4) is 0 Å². The van der Waals surface area contributed by atoms with E-state index < -0.39 is 4.75 Å². The van der Waals surface area contributed by atoms with Gasteiger partial charge in [-0.25, -0.2) is 4.79 Å². The molecule has 1 aliphatic heterocycles. The Kier molecular flexibility index (Phi) is 6.07. The average molecular weight is 336 g/mol. The predicted octanol–water partition coefficient (Wildman–Crippen LogP) is 2.93. The second kappa shape index (κ2) is 7.84. The highest BCUT2D eigenvalue weighted by Crippen LogP contribution is 2.23. The molecule has 0 aromatic heterocycles. The molecule has 1 aromatic rings. The van der Waals surface area contributed by atoms with E-state index in [1.54, 1.807) is 0 Å². The Morgan fingerprint density at radius 3 is 2.43 bits per heavy atom. The number of anilines is 1. The first-order valence-electron chi connectivity index (χ1n) is 7.68. The molecule has 1 heterocycles. The zero-order chi connectivity index (χ0) is 16.9. The summed E-state index contributed by atoms with van der Waals surface area (Å²) in [5.41, 5.74) is 2.80. The molecule has 0 N–H and O–H groups in total. The molecule has 23 heavy (non-hydrogen) atoms. The number of hydrogen-bond donors (Lipinski definition) is 0. The number of ether oxygens (including phenoxy) is 1. The highest BCUT2D eigenvalue weighted by Gasteiger charge is 2.28. The molecule has 0 atom stereocenters. The molecule has 126 valence electrons. The van der Waals surface area contributed by atoms with E-state index in [4.69, 9.17) is 9.57 Å². The van der Waals surface area contributed by atoms with Gasteiger partial charge in [-0.05, 0) is 44.7 Å². The van der Waals surface area contributed by atoms with Crippen LogP contribution in [0.5, 0.6) is 0 Å². The van der Waals surface area contributed by atoms with Crippen molar-refractivity contribution in [3.05, 3.63) is 29.8 Å².